The molecular formula is C15H25Cl2N3O2. The summed E-state index contributed by atoms with van der Waals surface area (Å²) < 4.78 is 5.66. The molecule has 2 rings (SSSR count). The Bertz CT molecular complexity index is 464. The molecule has 1 fully saturated rings. The average molecular weight is 350 g/mol. The van der Waals surface area contributed by atoms with Crippen molar-refractivity contribution in [1.29, 1.82) is 0 Å². The fraction of sp³-hybridized carbons (Fsp3) is 0.533. The average Bonchev–Trinajstić information content (AvgIpc) is 2.47. The van der Waals surface area contributed by atoms with Crippen LogP contribution in [0.5, 0.6) is 5.75 Å². The number of hydrogen-bond acceptors (Lipinski definition) is 4. The van der Waals surface area contributed by atoms with Gasteiger partial charge >= 0.3 is 0 Å². The molecule has 126 valence electrons. The molecule has 0 spiro atoms. The molecule has 1 aromatic rings. The summed E-state index contributed by atoms with van der Waals surface area (Å²) in [6.07, 6.45) is 0. The third kappa shape index (κ3) is 4.93. The van der Waals surface area contributed by atoms with Crippen LogP contribution < -0.4 is 15.4 Å². The van der Waals surface area contributed by atoms with Crippen molar-refractivity contribution in [3.8, 4) is 5.75 Å². The van der Waals surface area contributed by atoms with Crippen molar-refractivity contribution in [3.63, 3.8) is 0 Å². The maximum Gasteiger partial charge on any atom is 0.239 e. The lowest BCUT2D eigenvalue weighted by molar-refractivity contribution is -0.132. The zero-order valence-corrected chi connectivity index (χ0v) is 14.7. The van der Waals surface area contributed by atoms with E-state index in [2.05, 4.69) is 11.0 Å². The minimum absolute atomic E-state index is 0. The van der Waals surface area contributed by atoms with E-state index in [-0.39, 0.29) is 30.7 Å². The van der Waals surface area contributed by atoms with E-state index in [1.54, 1.807) is 6.92 Å². The van der Waals surface area contributed by atoms with Crippen LogP contribution in [0.15, 0.2) is 24.3 Å². The fourth-order valence-electron chi connectivity index (χ4n) is 2.45. The van der Waals surface area contributed by atoms with E-state index in [0.29, 0.717) is 19.7 Å². The van der Waals surface area contributed by atoms with Crippen LogP contribution in [0.25, 0.3) is 0 Å². The van der Waals surface area contributed by atoms with Gasteiger partial charge in [-0.1, -0.05) is 12.1 Å². The molecule has 0 aliphatic carbocycles. The molecule has 0 aromatic heterocycles. The van der Waals surface area contributed by atoms with Crippen LogP contribution in [0.2, 0.25) is 0 Å². The Morgan fingerprint density at radius 1 is 1.23 bits per heavy atom. The highest BCUT2D eigenvalue weighted by Gasteiger charge is 2.24. The second-order valence-corrected chi connectivity index (χ2v) is 5.00. The number of anilines is 1. The van der Waals surface area contributed by atoms with Crippen LogP contribution in [0, 0.1) is 0 Å². The Hall–Kier alpha value is -1.17. The minimum atomic E-state index is -0.419. The second kappa shape index (κ2) is 9.77. The zero-order chi connectivity index (χ0) is 14.5. The summed E-state index contributed by atoms with van der Waals surface area (Å²) >= 11 is 0. The van der Waals surface area contributed by atoms with Gasteiger partial charge in [0, 0.05) is 26.2 Å². The van der Waals surface area contributed by atoms with E-state index in [0.717, 1.165) is 24.5 Å². The van der Waals surface area contributed by atoms with Crippen molar-refractivity contribution < 1.29 is 9.53 Å². The minimum Gasteiger partial charge on any atom is -0.492 e. The summed E-state index contributed by atoms with van der Waals surface area (Å²) in [5.41, 5.74) is 6.75. The van der Waals surface area contributed by atoms with Crippen LogP contribution in [-0.4, -0.2) is 49.6 Å². The third-order valence-electron chi connectivity index (χ3n) is 3.49. The second-order valence-electron chi connectivity index (χ2n) is 5.00. The number of hydrogen-bond donors (Lipinski definition) is 1. The van der Waals surface area contributed by atoms with Gasteiger partial charge in [-0.15, -0.1) is 24.8 Å². The Balaban J connectivity index is 0.00000220. The van der Waals surface area contributed by atoms with Gasteiger partial charge in [-0.2, -0.15) is 0 Å². The summed E-state index contributed by atoms with van der Waals surface area (Å²) in [4.78, 5) is 16.0. The summed E-state index contributed by atoms with van der Waals surface area (Å²) in [5.74, 6) is 0.935. The SMILES string of the molecule is CCOc1ccccc1N1CCN(C(=O)[C@@H](C)N)CC1.Cl.Cl. The highest BCUT2D eigenvalue weighted by molar-refractivity contribution is 5.85. The Morgan fingerprint density at radius 3 is 2.36 bits per heavy atom. The molecule has 0 unspecified atom stereocenters. The lowest BCUT2D eigenvalue weighted by Crippen LogP contribution is -2.52. The van der Waals surface area contributed by atoms with Crippen LogP contribution >= 0.6 is 24.8 Å². The molecule has 1 aromatic carbocycles. The largest absolute Gasteiger partial charge is 0.492 e. The molecule has 0 radical (unpaired) electrons. The van der Waals surface area contributed by atoms with E-state index >= 15 is 0 Å². The molecule has 5 nitrogen and oxygen atoms in total. The van der Waals surface area contributed by atoms with E-state index in [1.165, 1.54) is 0 Å². The van der Waals surface area contributed by atoms with Gasteiger partial charge in [-0.05, 0) is 26.0 Å². The van der Waals surface area contributed by atoms with Crippen molar-refractivity contribution in [2.24, 2.45) is 5.73 Å². The van der Waals surface area contributed by atoms with Gasteiger partial charge in [-0.25, -0.2) is 0 Å². The topological polar surface area (TPSA) is 58.8 Å². The van der Waals surface area contributed by atoms with Crippen molar-refractivity contribution in [3.05, 3.63) is 24.3 Å². The first-order chi connectivity index (χ1) is 9.63. The number of carbonyl (C=O) groups is 1. The van der Waals surface area contributed by atoms with Gasteiger partial charge in [0.2, 0.25) is 5.91 Å². The molecule has 22 heavy (non-hydrogen) atoms. The standard InChI is InChI=1S/C15H23N3O2.2ClH/c1-3-20-14-7-5-4-6-13(14)17-8-10-18(11-9-17)15(19)12(2)16;;/h4-7,12H,3,8-11,16H2,1-2H3;2*1H/t12-;;/m1../s1. The number of para-hydroxylation sites is 2. The molecule has 1 amide bonds. The molecule has 1 saturated heterocycles. The molecule has 7 heteroatoms. The highest BCUT2D eigenvalue weighted by atomic mass is 35.5. The summed E-state index contributed by atoms with van der Waals surface area (Å²) in [7, 11) is 0. The van der Waals surface area contributed by atoms with Crippen LogP contribution in [0.3, 0.4) is 0 Å². The van der Waals surface area contributed by atoms with Gasteiger partial charge < -0.3 is 20.3 Å². The summed E-state index contributed by atoms with van der Waals surface area (Å²) in [6, 6.07) is 7.62. The quantitative estimate of drug-likeness (QED) is 0.902. The monoisotopic (exact) mass is 349 g/mol. The fourth-order valence-corrected chi connectivity index (χ4v) is 2.45. The molecule has 0 saturated carbocycles. The molecular weight excluding hydrogens is 325 g/mol. The molecule has 1 aliphatic rings. The molecule has 1 aliphatic heterocycles. The number of nitrogens with two attached hydrogens (primary N) is 1. The van der Waals surface area contributed by atoms with Crippen molar-refractivity contribution in [2.75, 3.05) is 37.7 Å². The zero-order valence-electron chi connectivity index (χ0n) is 13.0. The van der Waals surface area contributed by atoms with Crippen molar-refractivity contribution in [2.45, 2.75) is 19.9 Å². The molecule has 1 atom stereocenters. The molecule has 1 heterocycles. The van der Waals surface area contributed by atoms with Gasteiger partial charge in [-0.3, -0.25) is 4.79 Å². The van der Waals surface area contributed by atoms with Gasteiger partial charge in [0.15, 0.2) is 0 Å². The van der Waals surface area contributed by atoms with E-state index < -0.39 is 6.04 Å². The van der Waals surface area contributed by atoms with E-state index in [4.69, 9.17) is 10.5 Å². The van der Waals surface area contributed by atoms with Crippen LogP contribution in [-0.2, 0) is 4.79 Å². The summed E-state index contributed by atoms with van der Waals surface area (Å²) in [5, 5.41) is 0. The van der Waals surface area contributed by atoms with E-state index in [1.807, 2.05) is 30.0 Å². The maximum atomic E-state index is 11.9. The number of halogens is 2. The lowest BCUT2D eigenvalue weighted by atomic mass is 10.2. The normalized spacial score (nSPS) is 15.4. The smallest absolute Gasteiger partial charge is 0.239 e. The maximum absolute atomic E-state index is 11.9. The highest BCUT2D eigenvalue weighted by Crippen LogP contribution is 2.28. The number of nitrogens with zero attached hydrogens (tertiary/aromatic N) is 2. The third-order valence-corrected chi connectivity index (χ3v) is 3.49. The Labute approximate surface area is 144 Å². The summed E-state index contributed by atoms with van der Waals surface area (Å²) in [6.45, 7) is 7.40. The Kier molecular flexibility index (Phi) is 9.25. The first-order valence-corrected chi connectivity index (χ1v) is 7.14. The first-order valence-electron chi connectivity index (χ1n) is 7.14. The first kappa shape index (κ1) is 20.8. The van der Waals surface area contributed by atoms with Crippen molar-refractivity contribution in [1.82, 2.24) is 4.90 Å². The van der Waals surface area contributed by atoms with Crippen LogP contribution in [0.4, 0.5) is 5.69 Å². The van der Waals surface area contributed by atoms with Gasteiger partial charge in [0.25, 0.3) is 0 Å². The lowest BCUT2D eigenvalue weighted by Gasteiger charge is -2.37. The molecule has 2 N–H and O–H groups in total. The predicted molar refractivity (Wildman–Crippen MR) is 94.5 cm³/mol. The predicted octanol–water partition coefficient (Wildman–Crippen LogP) is 1.92. The van der Waals surface area contributed by atoms with Gasteiger partial charge in [0.05, 0.1) is 18.3 Å². The number of carbonyl (C=O) groups excluding carboxylic acids is 1. The Morgan fingerprint density at radius 2 is 1.82 bits per heavy atom. The molecule has 0 bridgehead atoms. The van der Waals surface area contributed by atoms with Gasteiger partial charge in [0.1, 0.15) is 5.75 Å². The van der Waals surface area contributed by atoms with Crippen LogP contribution in [0.1, 0.15) is 13.8 Å². The number of rotatable bonds is 4. The van der Waals surface area contributed by atoms with Crippen molar-refractivity contribution >= 4 is 36.4 Å². The number of benzene rings is 1. The number of ether oxygens (including phenoxy) is 1. The van der Waals surface area contributed by atoms with E-state index in [9.17, 15) is 4.79 Å². The number of amides is 1. The number of piperazine rings is 1.